The Morgan fingerprint density at radius 2 is 2.00 bits per heavy atom. The van der Waals surface area contributed by atoms with Crippen molar-refractivity contribution in [2.75, 3.05) is 6.54 Å². The van der Waals surface area contributed by atoms with Gasteiger partial charge < -0.3 is 4.90 Å². The minimum absolute atomic E-state index is 0.0302. The molecule has 3 unspecified atom stereocenters. The summed E-state index contributed by atoms with van der Waals surface area (Å²) in [6, 6.07) is 8.29. The van der Waals surface area contributed by atoms with Gasteiger partial charge in [-0.05, 0) is 30.4 Å². The Morgan fingerprint density at radius 1 is 1.30 bits per heavy atom. The van der Waals surface area contributed by atoms with Crippen LogP contribution in [0.4, 0.5) is 0 Å². The van der Waals surface area contributed by atoms with Gasteiger partial charge in [0.1, 0.15) is 6.17 Å². The molecular weight excluding hydrogens is 248 g/mol. The van der Waals surface area contributed by atoms with Crippen LogP contribution >= 0.6 is 0 Å². The summed E-state index contributed by atoms with van der Waals surface area (Å²) < 4.78 is 0. The Morgan fingerprint density at radius 3 is 2.60 bits per heavy atom. The Labute approximate surface area is 122 Å². The minimum atomic E-state index is -0.0452. The largest absolute Gasteiger partial charge is 0.322 e. The second-order valence-electron chi connectivity index (χ2n) is 5.82. The van der Waals surface area contributed by atoms with E-state index in [-0.39, 0.29) is 18.1 Å². The van der Waals surface area contributed by atoms with Crippen molar-refractivity contribution in [3.8, 4) is 0 Å². The third-order valence-corrected chi connectivity index (χ3v) is 4.36. The van der Waals surface area contributed by atoms with E-state index in [4.69, 9.17) is 0 Å². The average Bonchev–Trinajstić information content (AvgIpc) is 2.77. The second kappa shape index (κ2) is 6.40. The number of hydrogen-bond donors (Lipinski definition) is 1. The molecule has 2 rings (SSSR count). The second-order valence-corrected chi connectivity index (χ2v) is 5.82. The van der Waals surface area contributed by atoms with Crippen molar-refractivity contribution in [1.82, 2.24) is 10.2 Å². The van der Waals surface area contributed by atoms with E-state index in [9.17, 15) is 4.79 Å². The summed E-state index contributed by atoms with van der Waals surface area (Å²) >= 11 is 0. The predicted molar refractivity (Wildman–Crippen MR) is 82.3 cm³/mol. The van der Waals surface area contributed by atoms with E-state index >= 15 is 0 Å². The number of nitrogens with zero attached hydrogens (tertiary/aromatic N) is 1. The lowest BCUT2D eigenvalue weighted by molar-refractivity contribution is -0.131. The third-order valence-electron chi connectivity index (χ3n) is 4.36. The van der Waals surface area contributed by atoms with Crippen LogP contribution in [0.2, 0.25) is 0 Å². The molecule has 1 fully saturated rings. The van der Waals surface area contributed by atoms with Crippen LogP contribution in [0.1, 0.15) is 50.9 Å². The van der Waals surface area contributed by atoms with Crippen molar-refractivity contribution in [2.45, 2.75) is 52.7 Å². The van der Waals surface area contributed by atoms with Gasteiger partial charge in [0.2, 0.25) is 5.91 Å². The van der Waals surface area contributed by atoms with E-state index in [1.54, 1.807) is 0 Å². The summed E-state index contributed by atoms with van der Waals surface area (Å²) in [4.78, 5) is 14.7. The van der Waals surface area contributed by atoms with Crippen LogP contribution in [0.25, 0.3) is 0 Å². The van der Waals surface area contributed by atoms with E-state index in [1.165, 1.54) is 11.1 Å². The summed E-state index contributed by atoms with van der Waals surface area (Å²) in [6.07, 6.45) is 2.04. The molecular formula is C17H26N2O. The number of nitrogens with one attached hydrogen (secondary N) is 1. The van der Waals surface area contributed by atoms with E-state index < -0.39 is 0 Å². The molecule has 1 saturated heterocycles. The number of carbonyl (C=O) groups is 1. The number of amides is 1. The summed E-state index contributed by atoms with van der Waals surface area (Å²) in [7, 11) is 0. The fourth-order valence-corrected chi connectivity index (χ4v) is 2.91. The first-order valence-electron chi connectivity index (χ1n) is 7.72. The van der Waals surface area contributed by atoms with E-state index in [2.05, 4.69) is 51.2 Å². The highest BCUT2D eigenvalue weighted by Crippen LogP contribution is 2.30. The summed E-state index contributed by atoms with van der Waals surface area (Å²) in [5.41, 5.74) is 2.46. The highest BCUT2D eigenvalue weighted by molar-refractivity contribution is 5.85. The maximum absolute atomic E-state index is 12.7. The molecule has 1 aliphatic heterocycles. The average molecular weight is 274 g/mol. The molecule has 3 nitrogen and oxygen atoms in total. The number of rotatable bonds is 5. The van der Waals surface area contributed by atoms with Gasteiger partial charge in [0.05, 0.1) is 6.04 Å². The number of aryl methyl sites for hydroxylation is 1. The number of carbonyl (C=O) groups excluding carboxylic acids is 1. The molecule has 1 aromatic rings. The lowest BCUT2D eigenvalue weighted by Crippen LogP contribution is -2.35. The van der Waals surface area contributed by atoms with Gasteiger partial charge >= 0.3 is 0 Å². The number of hydrogen-bond acceptors (Lipinski definition) is 2. The zero-order valence-corrected chi connectivity index (χ0v) is 13.0. The Balaban J connectivity index is 2.31. The first-order chi connectivity index (χ1) is 9.60. The van der Waals surface area contributed by atoms with Gasteiger partial charge in [0.25, 0.3) is 0 Å². The van der Waals surface area contributed by atoms with Crippen molar-refractivity contribution in [3.05, 3.63) is 35.4 Å². The third kappa shape index (κ3) is 2.73. The molecule has 0 radical (unpaired) electrons. The maximum atomic E-state index is 12.7. The first-order valence-corrected chi connectivity index (χ1v) is 7.72. The highest BCUT2D eigenvalue weighted by Gasteiger charge is 2.41. The summed E-state index contributed by atoms with van der Waals surface area (Å²) in [5, 5.41) is 3.56. The molecule has 0 aromatic heterocycles. The summed E-state index contributed by atoms with van der Waals surface area (Å²) in [5.74, 6) is 0.630. The lowest BCUT2D eigenvalue weighted by atomic mass is 9.99. The van der Waals surface area contributed by atoms with Gasteiger partial charge in [0, 0.05) is 6.54 Å². The van der Waals surface area contributed by atoms with Crippen molar-refractivity contribution < 1.29 is 4.79 Å². The zero-order chi connectivity index (χ0) is 14.7. The molecule has 1 N–H and O–H groups in total. The topological polar surface area (TPSA) is 32.3 Å². The molecule has 0 saturated carbocycles. The van der Waals surface area contributed by atoms with Gasteiger partial charge in [-0.3, -0.25) is 10.1 Å². The molecule has 110 valence electrons. The lowest BCUT2D eigenvalue weighted by Gasteiger charge is -2.25. The fraction of sp³-hybridized carbons (Fsp3) is 0.588. The van der Waals surface area contributed by atoms with Crippen molar-refractivity contribution in [1.29, 1.82) is 0 Å². The standard InChI is InChI=1S/C17H26N2O/c1-5-11-19-16(14-10-8-7-9-13(14)4)18-15(17(19)20)12(3)6-2/h7-10,12,15-16,18H,5-6,11H2,1-4H3. The fourth-order valence-electron chi connectivity index (χ4n) is 2.91. The normalized spacial score (nSPS) is 24.2. The van der Waals surface area contributed by atoms with Gasteiger partial charge in [-0.15, -0.1) is 0 Å². The van der Waals surface area contributed by atoms with Crippen LogP contribution in [0.3, 0.4) is 0 Å². The van der Waals surface area contributed by atoms with Crippen LogP contribution in [0.5, 0.6) is 0 Å². The predicted octanol–water partition coefficient (Wildman–Crippen LogP) is 3.25. The van der Waals surface area contributed by atoms with Crippen LogP contribution in [0.15, 0.2) is 24.3 Å². The molecule has 1 heterocycles. The smallest absolute Gasteiger partial charge is 0.241 e. The monoisotopic (exact) mass is 274 g/mol. The van der Waals surface area contributed by atoms with Crippen molar-refractivity contribution in [2.24, 2.45) is 5.92 Å². The highest BCUT2D eigenvalue weighted by atomic mass is 16.2. The van der Waals surface area contributed by atoms with Crippen LogP contribution in [0, 0.1) is 12.8 Å². The van der Waals surface area contributed by atoms with Gasteiger partial charge in [-0.2, -0.15) is 0 Å². The molecule has 0 aliphatic carbocycles. The minimum Gasteiger partial charge on any atom is -0.322 e. The van der Waals surface area contributed by atoms with Gasteiger partial charge in [0.15, 0.2) is 0 Å². The molecule has 1 aliphatic rings. The van der Waals surface area contributed by atoms with E-state index in [0.717, 1.165) is 19.4 Å². The van der Waals surface area contributed by atoms with Gasteiger partial charge in [-0.25, -0.2) is 0 Å². The van der Waals surface area contributed by atoms with Crippen LogP contribution in [-0.4, -0.2) is 23.4 Å². The van der Waals surface area contributed by atoms with E-state index in [1.807, 2.05) is 11.0 Å². The molecule has 0 bridgehead atoms. The quantitative estimate of drug-likeness (QED) is 0.894. The molecule has 3 heteroatoms. The Kier molecular flexibility index (Phi) is 4.81. The Hall–Kier alpha value is -1.35. The molecule has 3 atom stereocenters. The van der Waals surface area contributed by atoms with Crippen molar-refractivity contribution in [3.63, 3.8) is 0 Å². The van der Waals surface area contributed by atoms with Crippen LogP contribution < -0.4 is 5.32 Å². The Bertz CT molecular complexity index is 472. The van der Waals surface area contributed by atoms with E-state index in [0.29, 0.717) is 5.92 Å². The molecule has 0 spiro atoms. The molecule has 1 amide bonds. The summed E-state index contributed by atoms with van der Waals surface area (Å²) in [6.45, 7) is 9.35. The van der Waals surface area contributed by atoms with Gasteiger partial charge in [-0.1, -0.05) is 51.5 Å². The van der Waals surface area contributed by atoms with Crippen LogP contribution in [-0.2, 0) is 4.79 Å². The zero-order valence-electron chi connectivity index (χ0n) is 13.0. The SMILES string of the molecule is CCCN1C(=O)C(C(C)CC)NC1c1ccccc1C. The number of benzene rings is 1. The molecule has 20 heavy (non-hydrogen) atoms. The maximum Gasteiger partial charge on any atom is 0.241 e. The molecule has 1 aromatic carbocycles. The van der Waals surface area contributed by atoms with Crippen molar-refractivity contribution >= 4 is 5.91 Å². The first kappa shape index (κ1) is 15.0.